The van der Waals surface area contributed by atoms with Gasteiger partial charge in [0.15, 0.2) is 0 Å². The predicted octanol–water partition coefficient (Wildman–Crippen LogP) is 3.23. The van der Waals surface area contributed by atoms with Gasteiger partial charge in [0.25, 0.3) is 0 Å². The Morgan fingerprint density at radius 1 is 1.08 bits per heavy atom. The van der Waals surface area contributed by atoms with Crippen LogP contribution in [-0.2, 0) is 14.3 Å². The molecule has 0 saturated carbocycles. The Balaban J connectivity index is 2.15. The van der Waals surface area contributed by atoms with Crippen LogP contribution < -0.4 is 5.32 Å². The molecule has 0 atom stereocenters. The summed E-state index contributed by atoms with van der Waals surface area (Å²) in [5, 5.41) is 2.74. The smallest absolute Gasteiger partial charge is 0.340 e. The summed E-state index contributed by atoms with van der Waals surface area (Å²) < 4.78 is 5.03. The van der Waals surface area contributed by atoms with Gasteiger partial charge in [-0.2, -0.15) is 0 Å². The second-order valence-electron chi connectivity index (χ2n) is 7.05. The van der Waals surface area contributed by atoms with Crippen LogP contribution >= 0.6 is 0 Å². The van der Waals surface area contributed by atoms with Crippen molar-refractivity contribution in [3.8, 4) is 0 Å². The molecule has 1 aromatic carbocycles. The van der Waals surface area contributed by atoms with Crippen molar-refractivity contribution in [1.29, 1.82) is 0 Å². The van der Waals surface area contributed by atoms with Gasteiger partial charge in [0.2, 0.25) is 11.8 Å². The molecule has 6 heteroatoms. The maximum Gasteiger partial charge on any atom is 0.340 e. The first-order chi connectivity index (χ1) is 12.4. The minimum atomic E-state index is -1.22. The van der Waals surface area contributed by atoms with Crippen molar-refractivity contribution in [3.63, 3.8) is 0 Å². The van der Waals surface area contributed by atoms with Crippen molar-refractivity contribution < 1.29 is 19.1 Å². The lowest BCUT2D eigenvalue weighted by atomic mass is 9.89. The SMILES string of the molecule is CCOC(=O)c1ccccc1NC(=O)C(C)(C)C(=O)N1CCCCCC1. The lowest BCUT2D eigenvalue weighted by molar-refractivity contribution is -0.146. The average Bonchev–Trinajstić information content (AvgIpc) is 2.91. The highest BCUT2D eigenvalue weighted by Gasteiger charge is 2.39. The summed E-state index contributed by atoms with van der Waals surface area (Å²) in [6.45, 7) is 6.61. The van der Waals surface area contributed by atoms with Crippen molar-refractivity contribution in [3.05, 3.63) is 29.8 Å². The lowest BCUT2D eigenvalue weighted by Gasteiger charge is -2.30. The number of hydrogen-bond donors (Lipinski definition) is 1. The molecule has 6 nitrogen and oxygen atoms in total. The Morgan fingerprint density at radius 3 is 2.31 bits per heavy atom. The number of ether oxygens (including phenoxy) is 1. The standard InChI is InChI=1S/C20H28N2O4/c1-4-26-17(23)15-11-7-8-12-16(15)21-18(24)20(2,3)19(25)22-13-9-5-6-10-14-22/h7-8,11-12H,4-6,9-10,13-14H2,1-3H3,(H,21,24). The van der Waals surface area contributed by atoms with Gasteiger partial charge >= 0.3 is 5.97 Å². The number of nitrogens with zero attached hydrogens (tertiary/aromatic N) is 1. The fourth-order valence-electron chi connectivity index (χ4n) is 3.02. The molecular formula is C20H28N2O4. The van der Waals surface area contributed by atoms with E-state index >= 15 is 0 Å². The number of anilines is 1. The summed E-state index contributed by atoms with van der Waals surface area (Å²) in [6.07, 6.45) is 4.16. The van der Waals surface area contributed by atoms with Crippen LogP contribution in [0.1, 0.15) is 56.8 Å². The zero-order valence-corrected chi connectivity index (χ0v) is 15.8. The van der Waals surface area contributed by atoms with Crippen molar-refractivity contribution >= 4 is 23.5 Å². The number of esters is 1. The summed E-state index contributed by atoms with van der Waals surface area (Å²) in [6, 6.07) is 6.66. The first kappa shape index (κ1) is 19.9. The normalized spacial score (nSPS) is 15.1. The fraction of sp³-hybridized carbons (Fsp3) is 0.550. The van der Waals surface area contributed by atoms with E-state index in [1.54, 1.807) is 49.9 Å². The van der Waals surface area contributed by atoms with Crippen LogP contribution in [0.4, 0.5) is 5.69 Å². The molecule has 2 rings (SSSR count). The van der Waals surface area contributed by atoms with E-state index in [4.69, 9.17) is 4.74 Å². The number of rotatable bonds is 5. The molecule has 1 heterocycles. The Morgan fingerprint density at radius 2 is 1.69 bits per heavy atom. The topological polar surface area (TPSA) is 75.7 Å². The predicted molar refractivity (Wildman–Crippen MR) is 99.9 cm³/mol. The van der Waals surface area contributed by atoms with Crippen LogP contribution in [0.15, 0.2) is 24.3 Å². The van der Waals surface area contributed by atoms with Gasteiger partial charge in [0.05, 0.1) is 17.9 Å². The molecule has 0 aliphatic carbocycles. The molecule has 1 N–H and O–H groups in total. The average molecular weight is 360 g/mol. The first-order valence-electron chi connectivity index (χ1n) is 9.25. The molecular weight excluding hydrogens is 332 g/mol. The lowest BCUT2D eigenvalue weighted by Crippen LogP contribution is -2.47. The fourth-order valence-corrected chi connectivity index (χ4v) is 3.02. The number of nitrogens with one attached hydrogen (secondary N) is 1. The van der Waals surface area contributed by atoms with Gasteiger partial charge in [-0.05, 0) is 45.7 Å². The zero-order chi connectivity index (χ0) is 19.2. The third kappa shape index (κ3) is 4.62. The molecule has 1 aliphatic heterocycles. The van der Waals surface area contributed by atoms with Gasteiger partial charge in [-0.25, -0.2) is 4.79 Å². The molecule has 0 bridgehead atoms. The third-order valence-corrected chi connectivity index (χ3v) is 4.67. The van der Waals surface area contributed by atoms with Crippen LogP contribution in [0, 0.1) is 5.41 Å². The Kier molecular flexibility index (Phi) is 6.77. The molecule has 0 unspecified atom stereocenters. The van der Waals surface area contributed by atoms with Gasteiger partial charge in [-0.1, -0.05) is 25.0 Å². The third-order valence-electron chi connectivity index (χ3n) is 4.67. The van der Waals surface area contributed by atoms with Crippen LogP contribution in [0.3, 0.4) is 0 Å². The minimum Gasteiger partial charge on any atom is -0.462 e. The quantitative estimate of drug-likeness (QED) is 0.646. The molecule has 1 fully saturated rings. The van der Waals surface area contributed by atoms with E-state index in [1.807, 2.05) is 0 Å². The molecule has 1 saturated heterocycles. The first-order valence-corrected chi connectivity index (χ1v) is 9.25. The second kappa shape index (κ2) is 8.83. The van der Waals surface area contributed by atoms with Crippen molar-refractivity contribution in [2.24, 2.45) is 5.41 Å². The molecule has 0 spiro atoms. The van der Waals surface area contributed by atoms with E-state index < -0.39 is 17.3 Å². The van der Waals surface area contributed by atoms with E-state index in [2.05, 4.69) is 5.32 Å². The van der Waals surface area contributed by atoms with Gasteiger partial charge in [0.1, 0.15) is 5.41 Å². The highest BCUT2D eigenvalue weighted by atomic mass is 16.5. The highest BCUT2D eigenvalue weighted by molar-refractivity contribution is 6.11. The molecule has 2 amide bonds. The Bertz CT molecular complexity index is 662. The summed E-state index contributed by atoms with van der Waals surface area (Å²) in [5.74, 6) is -1.10. The van der Waals surface area contributed by atoms with Crippen molar-refractivity contribution in [2.75, 3.05) is 25.0 Å². The van der Waals surface area contributed by atoms with Gasteiger partial charge in [-0.3, -0.25) is 9.59 Å². The van der Waals surface area contributed by atoms with E-state index in [0.717, 1.165) is 25.7 Å². The minimum absolute atomic E-state index is 0.175. The molecule has 0 radical (unpaired) electrons. The van der Waals surface area contributed by atoms with Crippen LogP contribution in [0.5, 0.6) is 0 Å². The molecule has 1 aromatic rings. The monoisotopic (exact) mass is 360 g/mol. The Labute approximate surface area is 154 Å². The van der Waals surface area contributed by atoms with Gasteiger partial charge in [-0.15, -0.1) is 0 Å². The van der Waals surface area contributed by atoms with Gasteiger partial charge in [0, 0.05) is 13.1 Å². The van der Waals surface area contributed by atoms with E-state index in [1.165, 1.54) is 0 Å². The van der Waals surface area contributed by atoms with Crippen LogP contribution in [0.2, 0.25) is 0 Å². The van der Waals surface area contributed by atoms with Crippen LogP contribution in [-0.4, -0.2) is 42.4 Å². The molecule has 26 heavy (non-hydrogen) atoms. The Hall–Kier alpha value is -2.37. The summed E-state index contributed by atoms with van der Waals surface area (Å²) in [4.78, 5) is 39.6. The van der Waals surface area contributed by atoms with Crippen LogP contribution in [0.25, 0.3) is 0 Å². The van der Waals surface area contributed by atoms with Gasteiger partial charge < -0.3 is 15.0 Å². The van der Waals surface area contributed by atoms with E-state index in [9.17, 15) is 14.4 Å². The van der Waals surface area contributed by atoms with Crippen molar-refractivity contribution in [1.82, 2.24) is 4.90 Å². The number of likely N-dealkylation sites (tertiary alicyclic amines) is 1. The van der Waals surface area contributed by atoms with E-state index in [0.29, 0.717) is 18.8 Å². The highest BCUT2D eigenvalue weighted by Crippen LogP contribution is 2.25. The summed E-state index contributed by atoms with van der Waals surface area (Å²) >= 11 is 0. The number of benzene rings is 1. The number of amides is 2. The molecule has 1 aliphatic rings. The number of hydrogen-bond acceptors (Lipinski definition) is 4. The summed E-state index contributed by atoms with van der Waals surface area (Å²) in [5.41, 5.74) is -0.583. The maximum absolute atomic E-state index is 12.9. The number of carbonyl (C=O) groups is 3. The molecule has 142 valence electrons. The van der Waals surface area contributed by atoms with E-state index in [-0.39, 0.29) is 18.1 Å². The van der Waals surface area contributed by atoms with Crippen molar-refractivity contribution in [2.45, 2.75) is 46.5 Å². The zero-order valence-electron chi connectivity index (χ0n) is 15.8. The maximum atomic E-state index is 12.9. The second-order valence-corrected chi connectivity index (χ2v) is 7.05. The summed E-state index contributed by atoms with van der Waals surface area (Å²) in [7, 11) is 0. The number of carbonyl (C=O) groups excluding carboxylic acids is 3. The number of para-hydroxylation sites is 1. The molecule has 0 aromatic heterocycles. The largest absolute Gasteiger partial charge is 0.462 e.